The summed E-state index contributed by atoms with van der Waals surface area (Å²) in [5, 5.41) is 0. The number of anilines is 1. The number of carbonyl (C=O) groups excluding carboxylic acids is 1. The van der Waals surface area contributed by atoms with Crippen LogP contribution in [0.1, 0.15) is 19.3 Å². The molecule has 0 saturated carbocycles. The number of rotatable bonds is 3. The second-order valence-corrected chi connectivity index (χ2v) is 8.61. The van der Waals surface area contributed by atoms with E-state index in [1.807, 2.05) is 0 Å². The largest absolute Gasteiger partial charge is 0.368 e. The number of hydrogen-bond acceptors (Lipinski definition) is 4. The summed E-state index contributed by atoms with van der Waals surface area (Å²) >= 11 is 0. The lowest BCUT2D eigenvalue weighted by Crippen LogP contribution is -2.57. The van der Waals surface area contributed by atoms with Gasteiger partial charge in [0.25, 0.3) is 0 Å². The molecule has 0 aliphatic carbocycles. The summed E-state index contributed by atoms with van der Waals surface area (Å²) in [6, 6.07) is 5.76. The Kier molecular flexibility index (Phi) is 5.29. The first kappa shape index (κ1) is 18.1. The summed E-state index contributed by atoms with van der Waals surface area (Å²) in [7, 11) is -3.38. The molecule has 1 aromatic rings. The standard InChI is InChI=1S/C17H24FN3O3S/c1-25(23,24)21-9-3-2-4-16(21)17(22)20-12-10-19(11-13-20)15-7-5-14(18)6-8-15/h5-8,16H,2-4,9-13H2,1H3. The molecule has 2 aliphatic heterocycles. The highest BCUT2D eigenvalue weighted by molar-refractivity contribution is 7.88. The topological polar surface area (TPSA) is 60.9 Å². The van der Waals surface area contributed by atoms with Crippen LogP contribution in [-0.4, -0.2) is 68.6 Å². The van der Waals surface area contributed by atoms with Gasteiger partial charge in [-0.2, -0.15) is 4.31 Å². The summed E-state index contributed by atoms with van der Waals surface area (Å²) in [4.78, 5) is 16.7. The van der Waals surface area contributed by atoms with Crippen molar-refractivity contribution in [1.82, 2.24) is 9.21 Å². The van der Waals surface area contributed by atoms with Gasteiger partial charge in [-0.05, 0) is 37.1 Å². The molecule has 0 aromatic heterocycles. The highest BCUT2D eigenvalue weighted by atomic mass is 32.2. The van der Waals surface area contributed by atoms with E-state index in [9.17, 15) is 17.6 Å². The number of hydrogen-bond donors (Lipinski definition) is 0. The zero-order valence-corrected chi connectivity index (χ0v) is 15.2. The second kappa shape index (κ2) is 7.29. The van der Waals surface area contributed by atoms with E-state index in [0.29, 0.717) is 39.1 Å². The molecule has 3 rings (SSSR count). The maximum atomic E-state index is 13.0. The molecule has 6 nitrogen and oxygen atoms in total. The van der Waals surface area contributed by atoms with Crippen LogP contribution in [-0.2, 0) is 14.8 Å². The molecule has 1 unspecified atom stereocenters. The van der Waals surface area contributed by atoms with Gasteiger partial charge in [0.15, 0.2) is 0 Å². The van der Waals surface area contributed by atoms with Crippen molar-refractivity contribution < 1.29 is 17.6 Å². The minimum Gasteiger partial charge on any atom is -0.368 e. The fourth-order valence-corrected chi connectivity index (χ4v) is 4.72. The van der Waals surface area contributed by atoms with E-state index in [4.69, 9.17) is 0 Å². The molecule has 1 aromatic carbocycles. The third kappa shape index (κ3) is 4.12. The Bertz CT molecular complexity index is 715. The number of sulfonamides is 1. The quantitative estimate of drug-likeness (QED) is 0.806. The Balaban J connectivity index is 1.63. The van der Waals surface area contributed by atoms with Gasteiger partial charge in [-0.15, -0.1) is 0 Å². The summed E-state index contributed by atoms with van der Waals surface area (Å²) in [6.45, 7) is 2.82. The van der Waals surface area contributed by atoms with Crippen LogP contribution < -0.4 is 4.90 Å². The van der Waals surface area contributed by atoms with Crippen LogP contribution >= 0.6 is 0 Å². The van der Waals surface area contributed by atoms with Crippen LogP contribution in [0.5, 0.6) is 0 Å². The first-order valence-corrected chi connectivity index (χ1v) is 10.5. The second-order valence-electron chi connectivity index (χ2n) is 6.67. The first-order chi connectivity index (χ1) is 11.9. The Morgan fingerprint density at radius 2 is 1.68 bits per heavy atom. The van der Waals surface area contributed by atoms with Gasteiger partial charge in [0.2, 0.25) is 15.9 Å². The van der Waals surface area contributed by atoms with Crippen LogP contribution in [0.2, 0.25) is 0 Å². The van der Waals surface area contributed by atoms with Crippen molar-refractivity contribution in [2.24, 2.45) is 0 Å². The lowest BCUT2D eigenvalue weighted by atomic mass is 10.0. The molecular weight excluding hydrogens is 345 g/mol. The molecule has 0 bridgehead atoms. The predicted molar refractivity (Wildman–Crippen MR) is 94.4 cm³/mol. The smallest absolute Gasteiger partial charge is 0.241 e. The van der Waals surface area contributed by atoms with Gasteiger partial charge in [0.05, 0.1) is 6.26 Å². The van der Waals surface area contributed by atoms with Crippen molar-refractivity contribution in [3.05, 3.63) is 30.1 Å². The maximum Gasteiger partial charge on any atom is 0.241 e. The minimum absolute atomic E-state index is 0.0936. The highest BCUT2D eigenvalue weighted by Crippen LogP contribution is 2.23. The lowest BCUT2D eigenvalue weighted by Gasteiger charge is -2.40. The van der Waals surface area contributed by atoms with E-state index in [-0.39, 0.29) is 11.7 Å². The molecule has 2 aliphatic rings. The number of nitrogens with zero attached hydrogens (tertiary/aromatic N) is 3. The zero-order valence-electron chi connectivity index (χ0n) is 14.4. The third-order valence-corrected chi connectivity index (χ3v) is 6.24. The number of carbonyl (C=O) groups is 1. The molecule has 0 spiro atoms. The van der Waals surface area contributed by atoms with Crippen LogP contribution in [0.15, 0.2) is 24.3 Å². The number of piperidine rings is 1. The molecular formula is C17H24FN3O3S. The number of halogens is 1. The van der Waals surface area contributed by atoms with Crippen molar-refractivity contribution >= 4 is 21.6 Å². The summed E-state index contributed by atoms with van der Waals surface area (Å²) in [5.41, 5.74) is 0.934. The molecule has 2 saturated heterocycles. The Labute approximate surface area is 148 Å². The highest BCUT2D eigenvalue weighted by Gasteiger charge is 2.37. The van der Waals surface area contributed by atoms with Crippen LogP contribution in [0.4, 0.5) is 10.1 Å². The molecule has 2 fully saturated rings. The van der Waals surface area contributed by atoms with Gasteiger partial charge < -0.3 is 9.80 Å². The Hall–Kier alpha value is -1.67. The average Bonchev–Trinajstić information content (AvgIpc) is 2.61. The van der Waals surface area contributed by atoms with E-state index in [1.54, 1.807) is 17.0 Å². The minimum atomic E-state index is -3.38. The first-order valence-electron chi connectivity index (χ1n) is 8.62. The van der Waals surface area contributed by atoms with E-state index >= 15 is 0 Å². The third-order valence-electron chi connectivity index (χ3n) is 4.95. The fourth-order valence-electron chi connectivity index (χ4n) is 3.60. The van der Waals surface area contributed by atoms with Gasteiger partial charge in [-0.3, -0.25) is 4.79 Å². The van der Waals surface area contributed by atoms with Crippen LogP contribution in [0.25, 0.3) is 0 Å². The van der Waals surface area contributed by atoms with E-state index < -0.39 is 16.1 Å². The summed E-state index contributed by atoms with van der Waals surface area (Å²) in [5.74, 6) is -0.361. The summed E-state index contributed by atoms with van der Waals surface area (Å²) in [6.07, 6.45) is 3.43. The van der Waals surface area contributed by atoms with Crippen molar-refractivity contribution in [1.29, 1.82) is 0 Å². The molecule has 8 heteroatoms. The molecule has 2 heterocycles. The monoisotopic (exact) mass is 369 g/mol. The van der Waals surface area contributed by atoms with Gasteiger partial charge in [0.1, 0.15) is 11.9 Å². The Morgan fingerprint density at radius 1 is 1.04 bits per heavy atom. The van der Waals surface area contributed by atoms with Crippen molar-refractivity contribution in [2.45, 2.75) is 25.3 Å². The van der Waals surface area contributed by atoms with E-state index in [0.717, 1.165) is 18.5 Å². The van der Waals surface area contributed by atoms with Crippen LogP contribution in [0.3, 0.4) is 0 Å². The van der Waals surface area contributed by atoms with Crippen LogP contribution in [0, 0.1) is 5.82 Å². The van der Waals surface area contributed by atoms with Crippen molar-refractivity contribution in [2.75, 3.05) is 43.9 Å². The predicted octanol–water partition coefficient (Wildman–Crippen LogP) is 1.29. The number of amides is 1. The van der Waals surface area contributed by atoms with E-state index in [2.05, 4.69) is 4.90 Å². The molecule has 0 N–H and O–H groups in total. The van der Waals surface area contributed by atoms with Crippen molar-refractivity contribution in [3.63, 3.8) is 0 Å². The maximum absolute atomic E-state index is 13.0. The van der Waals surface area contributed by atoms with Gasteiger partial charge in [-0.1, -0.05) is 6.42 Å². The Morgan fingerprint density at radius 3 is 2.28 bits per heavy atom. The molecule has 138 valence electrons. The normalized spacial score (nSPS) is 22.9. The fraction of sp³-hybridized carbons (Fsp3) is 0.588. The lowest BCUT2D eigenvalue weighted by molar-refractivity contribution is -0.136. The summed E-state index contributed by atoms with van der Waals surface area (Å²) < 4.78 is 38.3. The van der Waals surface area contributed by atoms with E-state index in [1.165, 1.54) is 22.7 Å². The van der Waals surface area contributed by atoms with Crippen molar-refractivity contribution in [3.8, 4) is 0 Å². The zero-order chi connectivity index (χ0) is 18.0. The molecule has 0 radical (unpaired) electrons. The average molecular weight is 369 g/mol. The SMILES string of the molecule is CS(=O)(=O)N1CCCCC1C(=O)N1CCN(c2ccc(F)cc2)CC1. The molecule has 1 atom stereocenters. The molecule has 1 amide bonds. The van der Waals surface area contributed by atoms with Gasteiger partial charge in [0, 0.05) is 38.4 Å². The molecule has 25 heavy (non-hydrogen) atoms. The number of benzene rings is 1. The van der Waals surface area contributed by atoms with Gasteiger partial charge in [-0.25, -0.2) is 12.8 Å². The number of piperazine rings is 1. The van der Waals surface area contributed by atoms with Gasteiger partial charge >= 0.3 is 0 Å².